The zero-order chi connectivity index (χ0) is 31.3. The van der Waals surface area contributed by atoms with Crippen molar-refractivity contribution in [2.75, 3.05) is 20.1 Å². The van der Waals surface area contributed by atoms with Crippen LogP contribution < -0.4 is 16.2 Å². The molecule has 1 saturated heterocycles. The van der Waals surface area contributed by atoms with Crippen LogP contribution >= 0.6 is 0 Å². The number of rotatable bonds is 6. The van der Waals surface area contributed by atoms with Crippen molar-refractivity contribution < 1.29 is 31.5 Å². The van der Waals surface area contributed by atoms with Crippen molar-refractivity contribution in [1.82, 2.24) is 34.2 Å². The standard InChI is InChI=1S/C28H23F5N8O3/c1-39-11-7-15(8-12-39)40-22-19(6-10-35-25(22)37-27(40)43)44-18-5-4-14(13-17(18)30)21-20(24(34)42)23(28(31,32)33)41(38-21)26-16(29)3-2-9-36-26/h2-6,9-10,13,15H,7-8,11-12H2,1H3,(H2,34,42)(H,35,37,43). The molecule has 44 heavy (non-hydrogen) atoms. The monoisotopic (exact) mass is 614 g/mol. The fourth-order valence-corrected chi connectivity index (χ4v) is 5.36. The number of pyridine rings is 2. The van der Waals surface area contributed by atoms with E-state index in [1.165, 1.54) is 22.9 Å². The van der Waals surface area contributed by atoms with E-state index in [1.54, 1.807) is 0 Å². The molecule has 228 valence electrons. The second-order valence-corrected chi connectivity index (χ2v) is 10.2. The van der Waals surface area contributed by atoms with Crippen LogP contribution in [0.5, 0.6) is 11.5 Å². The number of nitrogens with two attached hydrogens (primary N) is 1. The largest absolute Gasteiger partial charge is 0.452 e. The van der Waals surface area contributed by atoms with Crippen molar-refractivity contribution in [1.29, 1.82) is 0 Å². The first-order valence-electron chi connectivity index (χ1n) is 13.3. The SMILES string of the molecule is CN1CCC(n2c(=O)[nH]c3nccc(Oc4ccc(-c5nn(-c6ncccc6F)c(C(F)(F)F)c5C(N)=O)cc4F)c32)CC1. The lowest BCUT2D eigenvalue weighted by atomic mass is 10.0. The maximum Gasteiger partial charge on any atom is 0.434 e. The number of aromatic amines is 1. The molecule has 0 unspecified atom stereocenters. The molecule has 3 N–H and O–H groups in total. The third-order valence-corrected chi connectivity index (χ3v) is 7.39. The number of amides is 1. The molecule has 0 spiro atoms. The van der Waals surface area contributed by atoms with Gasteiger partial charge < -0.3 is 15.4 Å². The van der Waals surface area contributed by atoms with Crippen molar-refractivity contribution in [2.45, 2.75) is 25.1 Å². The maximum absolute atomic E-state index is 15.5. The van der Waals surface area contributed by atoms with E-state index in [0.29, 0.717) is 18.4 Å². The summed E-state index contributed by atoms with van der Waals surface area (Å²) in [5, 5.41) is 3.80. The Balaban J connectivity index is 1.42. The predicted molar refractivity (Wildman–Crippen MR) is 146 cm³/mol. The van der Waals surface area contributed by atoms with Gasteiger partial charge in [0.25, 0.3) is 5.91 Å². The van der Waals surface area contributed by atoms with Crippen LogP contribution in [0.4, 0.5) is 22.0 Å². The number of piperidine rings is 1. The molecule has 0 aliphatic carbocycles. The van der Waals surface area contributed by atoms with Gasteiger partial charge in [0.1, 0.15) is 11.2 Å². The van der Waals surface area contributed by atoms with Gasteiger partial charge in [-0.15, -0.1) is 0 Å². The van der Waals surface area contributed by atoms with E-state index in [0.717, 1.165) is 43.6 Å². The van der Waals surface area contributed by atoms with E-state index in [9.17, 15) is 27.2 Å². The smallest absolute Gasteiger partial charge is 0.434 e. The summed E-state index contributed by atoms with van der Waals surface area (Å²) in [7, 11) is 1.98. The van der Waals surface area contributed by atoms with Gasteiger partial charge in [0.05, 0.1) is 5.56 Å². The molecule has 0 radical (unpaired) electrons. The molecule has 1 aromatic carbocycles. The van der Waals surface area contributed by atoms with Gasteiger partial charge in [0.2, 0.25) is 0 Å². The van der Waals surface area contributed by atoms with Crippen LogP contribution in [0.15, 0.2) is 53.6 Å². The van der Waals surface area contributed by atoms with Crippen molar-refractivity contribution in [3.63, 3.8) is 0 Å². The number of fused-ring (bicyclic) bond motifs is 1. The molecule has 0 saturated carbocycles. The van der Waals surface area contributed by atoms with Gasteiger partial charge in [-0.25, -0.2) is 28.2 Å². The zero-order valence-corrected chi connectivity index (χ0v) is 22.9. The van der Waals surface area contributed by atoms with Gasteiger partial charge >= 0.3 is 11.9 Å². The van der Waals surface area contributed by atoms with Gasteiger partial charge in [-0.2, -0.15) is 18.3 Å². The highest BCUT2D eigenvalue weighted by Crippen LogP contribution is 2.40. The van der Waals surface area contributed by atoms with E-state index in [-0.39, 0.29) is 33.4 Å². The molecular weight excluding hydrogens is 591 g/mol. The number of nitrogens with zero attached hydrogens (tertiary/aromatic N) is 6. The van der Waals surface area contributed by atoms with E-state index in [2.05, 4.69) is 25.0 Å². The van der Waals surface area contributed by atoms with Crippen molar-refractivity contribution >= 4 is 17.1 Å². The number of hydrogen-bond donors (Lipinski definition) is 2. The molecule has 1 aliphatic rings. The first-order valence-corrected chi connectivity index (χ1v) is 13.3. The highest BCUT2D eigenvalue weighted by atomic mass is 19.4. The van der Waals surface area contributed by atoms with Gasteiger partial charge in [-0.05, 0) is 63.3 Å². The minimum atomic E-state index is -5.21. The molecule has 5 aromatic rings. The van der Waals surface area contributed by atoms with Gasteiger partial charge in [-0.3, -0.25) is 14.3 Å². The molecule has 1 aliphatic heterocycles. The maximum atomic E-state index is 15.5. The average Bonchev–Trinajstić information content (AvgIpc) is 3.54. The van der Waals surface area contributed by atoms with Gasteiger partial charge in [0, 0.05) is 30.1 Å². The number of benzene rings is 1. The molecule has 1 amide bonds. The first-order chi connectivity index (χ1) is 20.9. The van der Waals surface area contributed by atoms with Crippen LogP contribution in [-0.4, -0.2) is 60.2 Å². The summed E-state index contributed by atoms with van der Waals surface area (Å²) in [4.78, 5) is 37.8. The van der Waals surface area contributed by atoms with Gasteiger partial charge in [-0.1, -0.05) is 0 Å². The van der Waals surface area contributed by atoms with Crippen LogP contribution in [0.3, 0.4) is 0 Å². The average molecular weight is 615 g/mol. The van der Waals surface area contributed by atoms with Crippen LogP contribution in [-0.2, 0) is 6.18 Å². The molecular formula is C28H23F5N8O3. The van der Waals surface area contributed by atoms with Crippen molar-refractivity contribution in [2.24, 2.45) is 5.73 Å². The van der Waals surface area contributed by atoms with Crippen molar-refractivity contribution in [3.8, 4) is 28.6 Å². The summed E-state index contributed by atoms with van der Waals surface area (Å²) >= 11 is 0. The number of alkyl halides is 3. The lowest BCUT2D eigenvalue weighted by Gasteiger charge is -2.29. The first kappa shape index (κ1) is 29.0. The summed E-state index contributed by atoms with van der Waals surface area (Å²) in [5.74, 6) is -4.75. The molecule has 5 heterocycles. The minimum Gasteiger partial charge on any atom is -0.452 e. The van der Waals surface area contributed by atoms with Crippen LogP contribution in [0, 0.1) is 11.6 Å². The van der Waals surface area contributed by atoms with E-state index < -0.39 is 52.2 Å². The Morgan fingerprint density at radius 1 is 1.05 bits per heavy atom. The molecule has 16 heteroatoms. The topological polar surface area (TPSA) is 137 Å². The van der Waals surface area contributed by atoms with Crippen LogP contribution in [0.2, 0.25) is 0 Å². The number of ether oxygens (including phenoxy) is 1. The molecule has 11 nitrogen and oxygen atoms in total. The molecule has 0 atom stereocenters. The highest BCUT2D eigenvalue weighted by Gasteiger charge is 2.43. The Kier molecular flexibility index (Phi) is 7.15. The van der Waals surface area contributed by atoms with Crippen LogP contribution in [0.1, 0.15) is 34.9 Å². The normalized spacial score (nSPS) is 14.8. The summed E-state index contributed by atoms with van der Waals surface area (Å²) in [5.41, 5.74) is 1.82. The molecule has 6 rings (SSSR count). The Labute approximate surface area is 244 Å². The lowest BCUT2D eigenvalue weighted by Crippen LogP contribution is -2.34. The predicted octanol–water partition coefficient (Wildman–Crippen LogP) is 4.43. The summed E-state index contributed by atoms with van der Waals surface area (Å²) < 4.78 is 80.0. The fourth-order valence-electron chi connectivity index (χ4n) is 5.36. The lowest BCUT2D eigenvalue weighted by molar-refractivity contribution is -0.143. The van der Waals surface area contributed by atoms with Gasteiger partial charge in [0.15, 0.2) is 40.3 Å². The quantitative estimate of drug-likeness (QED) is 0.270. The highest BCUT2D eigenvalue weighted by molar-refractivity contribution is 6.00. The Hall–Kier alpha value is -5.12. The second-order valence-electron chi connectivity index (χ2n) is 10.2. The second kappa shape index (κ2) is 10.9. The number of carbonyl (C=O) groups excluding carboxylic acids is 1. The Morgan fingerprint density at radius 2 is 1.80 bits per heavy atom. The number of primary amides is 1. The number of nitrogens with one attached hydrogen (secondary N) is 1. The van der Waals surface area contributed by atoms with E-state index in [4.69, 9.17) is 10.5 Å². The summed E-state index contributed by atoms with van der Waals surface area (Å²) in [6.45, 7) is 1.53. The van der Waals surface area contributed by atoms with Crippen molar-refractivity contribution in [3.05, 3.63) is 82.2 Å². The van der Waals surface area contributed by atoms with E-state index in [1.807, 2.05) is 7.05 Å². The molecule has 0 bridgehead atoms. The number of likely N-dealkylation sites (tertiary alicyclic amines) is 1. The Bertz CT molecular complexity index is 1960. The molecule has 1 fully saturated rings. The Morgan fingerprint density at radius 3 is 2.45 bits per heavy atom. The fraction of sp³-hybridized carbons (Fsp3) is 0.250. The number of halogens is 5. The summed E-state index contributed by atoms with van der Waals surface area (Å²) in [6.07, 6.45) is -1.41. The van der Waals surface area contributed by atoms with E-state index >= 15 is 4.39 Å². The number of hydrogen-bond acceptors (Lipinski definition) is 7. The third kappa shape index (κ3) is 5.06. The number of H-pyrrole nitrogens is 1. The third-order valence-electron chi connectivity index (χ3n) is 7.39. The van der Waals surface area contributed by atoms with Crippen LogP contribution in [0.25, 0.3) is 28.2 Å². The molecule has 4 aromatic heterocycles. The zero-order valence-electron chi connectivity index (χ0n) is 22.9. The number of carbonyl (C=O) groups is 1. The minimum absolute atomic E-state index is 0.117. The number of imidazole rings is 1. The number of aromatic nitrogens is 6. The summed E-state index contributed by atoms with van der Waals surface area (Å²) in [6, 6.07) is 6.44.